The fourth-order valence-electron chi connectivity index (χ4n) is 4.23. The van der Waals surface area contributed by atoms with Crippen LogP contribution in [0.1, 0.15) is 28.2 Å². The monoisotopic (exact) mass is 470 g/mol. The van der Waals surface area contributed by atoms with Gasteiger partial charge in [-0.25, -0.2) is 9.07 Å². The van der Waals surface area contributed by atoms with Crippen molar-refractivity contribution in [3.63, 3.8) is 0 Å². The van der Waals surface area contributed by atoms with Gasteiger partial charge in [0.2, 0.25) is 0 Å². The van der Waals surface area contributed by atoms with Gasteiger partial charge in [-0.2, -0.15) is 5.10 Å². The molecule has 0 radical (unpaired) electrons. The maximum Gasteiger partial charge on any atom is 0.290 e. The van der Waals surface area contributed by atoms with Crippen LogP contribution in [-0.2, 0) is 17.6 Å². The molecule has 4 aromatic rings. The van der Waals surface area contributed by atoms with Crippen LogP contribution < -0.4 is 15.6 Å². The minimum absolute atomic E-state index is 0.248. The van der Waals surface area contributed by atoms with Gasteiger partial charge in [0.25, 0.3) is 11.8 Å². The molecule has 0 fully saturated rings. The summed E-state index contributed by atoms with van der Waals surface area (Å²) in [4.78, 5) is 25.2. The topological polar surface area (TPSA) is 85.2 Å². The number of carbonyl (C=O) groups excluding carboxylic acids is 2. The third-order valence-corrected chi connectivity index (χ3v) is 5.86. The Morgan fingerprint density at radius 2 is 1.66 bits per heavy atom. The molecule has 0 aliphatic heterocycles. The Hall–Kier alpha value is -4.46. The molecule has 2 N–H and O–H groups in total. The number of aromatic nitrogens is 2. The second-order valence-corrected chi connectivity index (χ2v) is 8.17. The molecular weight excluding hydrogens is 447 g/mol. The summed E-state index contributed by atoms with van der Waals surface area (Å²) in [7, 11) is 0. The highest BCUT2D eigenvalue weighted by Crippen LogP contribution is 2.30. The van der Waals surface area contributed by atoms with Crippen molar-refractivity contribution in [2.45, 2.75) is 19.3 Å². The maximum atomic E-state index is 13.3. The zero-order valence-corrected chi connectivity index (χ0v) is 18.8. The van der Waals surface area contributed by atoms with E-state index in [9.17, 15) is 14.0 Å². The average molecular weight is 471 g/mol. The van der Waals surface area contributed by atoms with Crippen LogP contribution in [0.15, 0.2) is 78.9 Å². The molecule has 7 nitrogen and oxygen atoms in total. The van der Waals surface area contributed by atoms with Crippen LogP contribution in [0.2, 0.25) is 0 Å². The minimum Gasteiger partial charge on any atom is -0.483 e. The highest BCUT2D eigenvalue weighted by Gasteiger charge is 2.27. The van der Waals surface area contributed by atoms with Crippen LogP contribution in [0.5, 0.6) is 5.75 Å². The summed E-state index contributed by atoms with van der Waals surface area (Å²) < 4.78 is 20.7. The van der Waals surface area contributed by atoms with Crippen molar-refractivity contribution in [2.75, 3.05) is 6.61 Å². The van der Waals surface area contributed by atoms with E-state index in [0.717, 1.165) is 35.2 Å². The minimum atomic E-state index is -0.512. The van der Waals surface area contributed by atoms with E-state index in [1.807, 2.05) is 48.5 Å². The molecule has 0 saturated heterocycles. The lowest BCUT2D eigenvalue weighted by Crippen LogP contribution is -2.44. The smallest absolute Gasteiger partial charge is 0.290 e. The standard InChI is InChI=1S/C27H23FN4O3/c28-19-13-15-20(16-14-19)32-23-11-6-10-22(23)26(31-32)27(34)30-29-25(33)17-35-24-12-5-4-9-21(24)18-7-2-1-3-8-18/h1-5,7-9,12-16H,6,10-11,17H2,(H,29,33)(H,30,34). The van der Waals surface area contributed by atoms with Gasteiger partial charge in [-0.15, -0.1) is 0 Å². The van der Waals surface area contributed by atoms with E-state index in [-0.39, 0.29) is 18.1 Å². The number of ether oxygens (including phenoxy) is 1. The molecule has 1 heterocycles. The van der Waals surface area contributed by atoms with Crippen LogP contribution in [0.4, 0.5) is 4.39 Å². The number of halogens is 1. The third-order valence-electron chi connectivity index (χ3n) is 5.86. The van der Waals surface area contributed by atoms with Gasteiger partial charge in [-0.05, 0) is 55.2 Å². The number of nitrogens with zero attached hydrogens (tertiary/aromatic N) is 2. The van der Waals surface area contributed by atoms with Crippen molar-refractivity contribution in [1.82, 2.24) is 20.6 Å². The van der Waals surface area contributed by atoms with E-state index < -0.39 is 11.8 Å². The van der Waals surface area contributed by atoms with Crippen molar-refractivity contribution < 1.29 is 18.7 Å². The molecule has 0 saturated carbocycles. The second-order valence-electron chi connectivity index (χ2n) is 8.17. The number of hydrogen-bond donors (Lipinski definition) is 2. The first-order chi connectivity index (χ1) is 17.1. The number of nitrogens with one attached hydrogen (secondary N) is 2. The summed E-state index contributed by atoms with van der Waals surface area (Å²) in [5.41, 5.74) is 9.36. The van der Waals surface area contributed by atoms with Gasteiger partial charge < -0.3 is 4.74 Å². The third kappa shape index (κ3) is 4.77. The van der Waals surface area contributed by atoms with Crippen LogP contribution in [0.3, 0.4) is 0 Å². The van der Waals surface area contributed by atoms with Crippen molar-refractivity contribution in [3.05, 3.63) is 102 Å². The van der Waals surface area contributed by atoms with Crippen LogP contribution in [0, 0.1) is 5.82 Å². The van der Waals surface area contributed by atoms with Crippen molar-refractivity contribution in [2.24, 2.45) is 0 Å². The lowest BCUT2D eigenvalue weighted by molar-refractivity contribution is -0.123. The molecule has 8 heteroatoms. The quantitative estimate of drug-likeness (QED) is 0.417. The molecule has 1 aromatic heterocycles. The van der Waals surface area contributed by atoms with E-state index in [1.54, 1.807) is 22.9 Å². The van der Waals surface area contributed by atoms with E-state index in [1.165, 1.54) is 12.1 Å². The van der Waals surface area contributed by atoms with Gasteiger partial charge in [-0.1, -0.05) is 48.5 Å². The molecule has 1 aliphatic carbocycles. The Morgan fingerprint density at radius 3 is 2.46 bits per heavy atom. The van der Waals surface area contributed by atoms with E-state index >= 15 is 0 Å². The Kier molecular flexibility index (Phi) is 6.26. The van der Waals surface area contributed by atoms with Gasteiger partial charge in [0.05, 0.1) is 5.69 Å². The van der Waals surface area contributed by atoms with Crippen molar-refractivity contribution in [1.29, 1.82) is 0 Å². The fraction of sp³-hybridized carbons (Fsp3) is 0.148. The Labute approximate surface area is 201 Å². The first-order valence-corrected chi connectivity index (χ1v) is 11.3. The number of benzene rings is 3. The summed E-state index contributed by atoms with van der Waals surface area (Å²) in [5.74, 6) is -0.791. The van der Waals surface area contributed by atoms with Gasteiger partial charge in [-0.3, -0.25) is 20.4 Å². The predicted molar refractivity (Wildman–Crippen MR) is 129 cm³/mol. The number of rotatable bonds is 6. The molecule has 0 spiro atoms. The molecule has 35 heavy (non-hydrogen) atoms. The van der Waals surface area contributed by atoms with Crippen LogP contribution in [0.25, 0.3) is 16.8 Å². The molecule has 1 aliphatic rings. The number of hydrazine groups is 1. The zero-order chi connectivity index (χ0) is 24.2. The molecule has 0 atom stereocenters. The Balaban J connectivity index is 1.23. The van der Waals surface area contributed by atoms with Crippen LogP contribution >= 0.6 is 0 Å². The lowest BCUT2D eigenvalue weighted by Gasteiger charge is -2.12. The predicted octanol–water partition coefficient (Wildman–Crippen LogP) is 4.01. The fourth-order valence-corrected chi connectivity index (χ4v) is 4.23. The van der Waals surface area contributed by atoms with Gasteiger partial charge in [0.15, 0.2) is 12.3 Å². The summed E-state index contributed by atoms with van der Waals surface area (Å²) in [6.45, 7) is -0.272. The SMILES string of the molecule is O=C(COc1ccccc1-c1ccccc1)NNC(=O)c1nn(-c2ccc(F)cc2)c2c1CCC2. The first kappa shape index (κ1) is 22.3. The van der Waals surface area contributed by atoms with Gasteiger partial charge >= 0.3 is 0 Å². The van der Waals surface area contributed by atoms with E-state index in [4.69, 9.17) is 4.74 Å². The normalized spacial score (nSPS) is 12.1. The summed E-state index contributed by atoms with van der Waals surface area (Å²) in [5, 5.41) is 4.45. The number of carbonyl (C=O) groups is 2. The summed E-state index contributed by atoms with van der Waals surface area (Å²) in [6, 6.07) is 23.1. The molecular formula is C27H23FN4O3. The molecule has 0 unspecified atom stereocenters. The lowest BCUT2D eigenvalue weighted by atomic mass is 10.1. The van der Waals surface area contributed by atoms with Crippen molar-refractivity contribution in [3.8, 4) is 22.6 Å². The molecule has 0 bridgehead atoms. The van der Waals surface area contributed by atoms with E-state index in [0.29, 0.717) is 17.9 Å². The average Bonchev–Trinajstić information content (AvgIpc) is 3.51. The number of fused-ring (bicyclic) bond motifs is 1. The maximum absolute atomic E-state index is 13.3. The van der Waals surface area contributed by atoms with Gasteiger partial charge in [0, 0.05) is 16.8 Å². The highest BCUT2D eigenvalue weighted by molar-refractivity contribution is 5.95. The first-order valence-electron chi connectivity index (χ1n) is 11.3. The molecule has 2 amide bonds. The highest BCUT2D eigenvalue weighted by atomic mass is 19.1. The van der Waals surface area contributed by atoms with Crippen LogP contribution in [-0.4, -0.2) is 28.2 Å². The summed E-state index contributed by atoms with van der Waals surface area (Å²) >= 11 is 0. The number of para-hydroxylation sites is 1. The second kappa shape index (κ2) is 9.80. The van der Waals surface area contributed by atoms with Crippen molar-refractivity contribution >= 4 is 11.8 Å². The Bertz CT molecular complexity index is 1370. The molecule has 3 aromatic carbocycles. The Morgan fingerprint density at radius 1 is 0.914 bits per heavy atom. The largest absolute Gasteiger partial charge is 0.483 e. The van der Waals surface area contributed by atoms with Gasteiger partial charge in [0.1, 0.15) is 11.6 Å². The summed E-state index contributed by atoms with van der Waals surface area (Å²) in [6.07, 6.45) is 2.39. The van der Waals surface area contributed by atoms with E-state index in [2.05, 4.69) is 16.0 Å². The number of hydrogen-bond acceptors (Lipinski definition) is 4. The molecule has 5 rings (SSSR count). The zero-order valence-electron chi connectivity index (χ0n) is 18.8. The number of amides is 2. The molecule has 176 valence electrons.